The van der Waals surface area contributed by atoms with Gasteiger partial charge in [0.15, 0.2) is 0 Å². The Bertz CT molecular complexity index is 1030. The monoisotopic (exact) mass is 408 g/mol. The minimum Gasteiger partial charge on any atom is -0.467 e. The fourth-order valence-corrected chi connectivity index (χ4v) is 3.93. The van der Waals surface area contributed by atoms with Crippen molar-refractivity contribution in [2.75, 3.05) is 7.05 Å². The molecule has 0 aliphatic carbocycles. The quantitative estimate of drug-likeness (QED) is 0.651. The van der Waals surface area contributed by atoms with Gasteiger partial charge in [-0.05, 0) is 35.4 Å². The second kappa shape index (κ2) is 8.13. The van der Waals surface area contributed by atoms with E-state index >= 15 is 0 Å². The summed E-state index contributed by atoms with van der Waals surface area (Å²) in [6.45, 7) is 0.712. The van der Waals surface area contributed by atoms with E-state index in [1.165, 1.54) is 0 Å². The summed E-state index contributed by atoms with van der Waals surface area (Å²) in [5.41, 5.74) is 2.53. The number of nitrogens with zero attached hydrogens (tertiary/aromatic N) is 2. The van der Waals surface area contributed by atoms with Crippen molar-refractivity contribution in [3.05, 3.63) is 94.4 Å². The predicted molar refractivity (Wildman–Crippen MR) is 110 cm³/mol. The molecule has 5 nitrogen and oxygen atoms in total. The number of hydrogen-bond acceptors (Lipinski definition) is 3. The molecule has 6 heteroatoms. The number of carbonyl (C=O) groups excluding carboxylic acids is 2. The summed E-state index contributed by atoms with van der Waals surface area (Å²) in [6, 6.07) is 17.9. The molecule has 2 amide bonds. The van der Waals surface area contributed by atoms with Crippen LogP contribution >= 0.6 is 11.6 Å². The number of furan rings is 1. The van der Waals surface area contributed by atoms with Gasteiger partial charge >= 0.3 is 0 Å². The van der Waals surface area contributed by atoms with E-state index in [0.717, 1.165) is 11.1 Å². The van der Waals surface area contributed by atoms with Crippen molar-refractivity contribution in [3.63, 3.8) is 0 Å². The Morgan fingerprint density at radius 3 is 2.52 bits per heavy atom. The van der Waals surface area contributed by atoms with Crippen LogP contribution in [0.4, 0.5) is 0 Å². The van der Waals surface area contributed by atoms with Gasteiger partial charge in [-0.1, -0.05) is 48.0 Å². The zero-order valence-electron chi connectivity index (χ0n) is 16.0. The van der Waals surface area contributed by atoms with E-state index in [0.29, 0.717) is 35.9 Å². The number of benzene rings is 2. The zero-order valence-corrected chi connectivity index (χ0v) is 16.8. The lowest BCUT2D eigenvalue weighted by Gasteiger charge is -2.38. The minimum atomic E-state index is -0.603. The Hall–Kier alpha value is -3.05. The smallest absolute Gasteiger partial charge is 0.256 e. The van der Waals surface area contributed by atoms with Crippen molar-refractivity contribution in [2.45, 2.75) is 25.6 Å². The summed E-state index contributed by atoms with van der Waals surface area (Å²) in [6.07, 6.45) is 2.05. The molecular formula is C23H21ClN2O3. The molecule has 0 N–H and O–H groups in total. The third-order valence-electron chi connectivity index (χ3n) is 5.25. The number of halogens is 1. The molecule has 148 valence electrons. The number of fused-ring (bicyclic) bond motifs is 1. The van der Waals surface area contributed by atoms with Gasteiger partial charge in [0.05, 0.1) is 23.4 Å². The van der Waals surface area contributed by atoms with Crippen LogP contribution in [0.5, 0.6) is 0 Å². The maximum absolute atomic E-state index is 13.3. The third-order valence-corrected chi connectivity index (χ3v) is 5.58. The van der Waals surface area contributed by atoms with Crippen LogP contribution in [-0.2, 0) is 24.3 Å². The van der Waals surface area contributed by atoms with Crippen LogP contribution in [0.15, 0.2) is 71.3 Å². The van der Waals surface area contributed by atoms with Crippen molar-refractivity contribution in [2.24, 2.45) is 0 Å². The molecule has 0 saturated carbocycles. The highest BCUT2D eigenvalue weighted by Crippen LogP contribution is 2.28. The lowest BCUT2D eigenvalue weighted by molar-refractivity contribution is -0.136. The van der Waals surface area contributed by atoms with E-state index in [-0.39, 0.29) is 11.8 Å². The van der Waals surface area contributed by atoms with Gasteiger partial charge in [0.1, 0.15) is 11.8 Å². The second-order valence-corrected chi connectivity index (χ2v) is 7.58. The molecule has 2 heterocycles. The van der Waals surface area contributed by atoms with E-state index in [1.54, 1.807) is 53.4 Å². The van der Waals surface area contributed by atoms with E-state index in [9.17, 15) is 9.59 Å². The second-order valence-electron chi connectivity index (χ2n) is 7.18. The molecule has 1 aliphatic rings. The van der Waals surface area contributed by atoms with Crippen molar-refractivity contribution >= 4 is 23.4 Å². The largest absolute Gasteiger partial charge is 0.467 e. The van der Waals surface area contributed by atoms with Crippen molar-refractivity contribution in [3.8, 4) is 0 Å². The van der Waals surface area contributed by atoms with Gasteiger partial charge in [-0.3, -0.25) is 9.59 Å². The van der Waals surface area contributed by atoms with Gasteiger partial charge in [-0.15, -0.1) is 0 Å². The van der Waals surface area contributed by atoms with E-state index in [1.807, 2.05) is 30.3 Å². The van der Waals surface area contributed by atoms with Crippen LogP contribution in [0.2, 0.25) is 5.02 Å². The lowest BCUT2D eigenvalue weighted by Crippen LogP contribution is -2.52. The summed E-state index contributed by atoms with van der Waals surface area (Å²) in [7, 11) is 1.73. The van der Waals surface area contributed by atoms with Crippen LogP contribution in [0, 0.1) is 0 Å². The number of amides is 2. The molecule has 0 fully saturated rings. The van der Waals surface area contributed by atoms with Crippen LogP contribution in [0.1, 0.15) is 27.2 Å². The molecule has 1 unspecified atom stereocenters. The average Bonchev–Trinajstić information content (AvgIpc) is 3.25. The summed E-state index contributed by atoms with van der Waals surface area (Å²) in [5.74, 6) is 0.326. The van der Waals surface area contributed by atoms with Crippen LogP contribution in [-0.4, -0.2) is 34.7 Å². The van der Waals surface area contributed by atoms with Crippen molar-refractivity contribution in [1.82, 2.24) is 9.80 Å². The molecule has 29 heavy (non-hydrogen) atoms. The van der Waals surface area contributed by atoms with Crippen molar-refractivity contribution < 1.29 is 14.0 Å². The SMILES string of the molecule is CN(Cc1ccco1)C(=O)C1Cc2ccccc2CN1C(=O)c1ccccc1Cl. The molecule has 0 spiro atoms. The maximum atomic E-state index is 13.3. The molecule has 1 atom stereocenters. The molecule has 3 aromatic rings. The maximum Gasteiger partial charge on any atom is 0.256 e. The van der Waals surface area contributed by atoms with E-state index < -0.39 is 6.04 Å². The normalized spacial score (nSPS) is 15.7. The average molecular weight is 409 g/mol. The number of rotatable bonds is 4. The summed E-state index contributed by atoms with van der Waals surface area (Å²) < 4.78 is 5.37. The predicted octanol–water partition coefficient (Wildman–Crippen LogP) is 4.16. The lowest BCUT2D eigenvalue weighted by atomic mass is 9.92. The van der Waals surface area contributed by atoms with Gasteiger partial charge in [-0.2, -0.15) is 0 Å². The van der Waals surface area contributed by atoms with Gasteiger partial charge < -0.3 is 14.2 Å². The third kappa shape index (κ3) is 3.91. The Labute approximate surface area is 174 Å². The van der Waals surface area contributed by atoms with Crippen LogP contribution in [0.25, 0.3) is 0 Å². The molecule has 0 saturated heterocycles. The molecule has 4 rings (SSSR count). The van der Waals surface area contributed by atoms with Crippen LogP contribution in [0.3, 0.4) is 0 Å². The Kier molecular flexibility index (Phi) is 5.41. The number of carbonyl (C=O) groups is 2. The molecule has 2 aromatic carbocycles. The fraction of sp³-hybridized carbons (Fsp3) is 0.217. The highest BCUT2D eigenvalue weighted by atomic mass is 35.5. The van der Waals surface area contributed by atoms with Gasteiger partial charge in [0.2, 0.25) is 5.91 Å². The highest BCUT2D eigenvalue weighted by Gasteiger charge is 2.37. The number of likely N-dealkylation sites (N-methyl/N-ethyl adjacent to an activating group) is 1. The Balaban J connectivity index is 1.65. The Morgan fingerprint density at radius 2 is 1.79 bits per heavy atom. The topological polar surface area (TPSA) is 53.8 Å². The molecule has 0 radical (unpaired) electrons. The molecule has 0 bridgehead atoms. The first-order valence-corrected chi connectivity index (χ1v) is 9.82. The molecular weight excluding hydrogens is 388 g/mol. The summed E-state index contributed by atoms with van der Waals surface area (Å²) in [4.78, 5) is 29.9. The first-order chi connectivity index (χ1) is 14.0. The van der Waals surface area contributed by atoms with Crippen LogP contribution < -0.4 is 0 Å². The van der Waals surface area contributed by atoms with Gasteiger partial charge in [-0.25, -0.2) is 0 Å². The summed E-state index contributed by atoms with van der Waals surface area (Å²) >= 11 is 6.27. The summed E-state index contributed by atoms with van der Waals surface area (Å²) in [5, 5.41) is 0.381. The van der Waals surface area contributed by atoms with Gasteiger partial charge in [0.25, 0.3) is 5.91 Å². The van der Waals surface area contributed by atoms with Crippen molar-refractivity contribution in [1.29, 1.82) is 0 Å². The van der Waals surface area contributed by atoms with Gasteiger partial charge in [0, 0.05) is 20.0 Å². The molecule has 1 aliphatic heterocycles. The standard InChI is InChI=1S/C23H21ClN2O3/c1-25(15-18-9-6-12-29-18)23(28)21-13-16-7-2-3-8-17(16)14-26(21)22(27)19-10-4-5-11-20(19)24/h2-12,21H,13-15H2,1H3. The number of hydrogen-bond donors (Lipinski definition) is 0. The van der Waals surface area contributed by atoms with E-state index in [4.69, 9.17) is 16.0 Å². The minimum absolute atomic E-state index is 0.128. The first-order valence-electron chi connectivity index (χ1n) is 9.44. The highest BCUT2D eigenvalue weighted by molar-refractivity contribution is 6.33. The zero-order chi connectivity index (χ0) is 20.4. The first kappa shape index (κ1) is 19.3. The molecule has 1 aromatic heterocycles. The Morgan fingerprint density at radius 1 is 1.07 bits per heavy atom. The van der Waals surface area contributed by atoms with E-state index in [2.05, 4.69) is 0 Å². The fourth-order valence-electron chi connectivity index (χ4n) is 3.72.